The van der Waals surface area contributed by atoms with Gasteiger partial charge >= 0.3 is 0 Å². The maximum Gasteiger partial charge on any atom is 0.223 e. The summed E-state index contributed by atoms with van der Waals surface area (Å²) in [6, 6.07) is 19.4. The van der Waals surface area contributed by atoms with E-state index in [0.717, 1.165) is 11.1 Å². The quantitative estimate of drug-likeness (QED) is 0.449. The zero-order valence-electron chi connectivity index (χ0n) is 13.6. The Morgan fingerprint density at radius 1 is 1.08 bits per heavy atom. The van der Waals surface area contributed by atoms with Gasteiger partial charge in [-0.1, -0.05) is 65.8 Å². The number of benzene rings is 2. The van der Waals surface area contributed by atoms with Gasteiger partial charge in [0.05, 0.1) is 12.1 Å². The van der Waals surface area contributed by atoms with Crippen LogP contribution in [0, 0.1) is 5.92 Å². The Hall–Kier alpha value is -2.78. The van der Waals surface area contributed by atoms with Crippen molar-refractivity contribution in [3.63, 3.8) is 0 Å². The molecule has 0 saturated carbocycles. The molecular weight excluding hydrogens is 300 g/mol. The number of azide groups is 1. The van der Waals surface area contributed by atoms with Crippen LogP contribution in [-0.2, 0) is 4.79 Å². The lowest BCUT2D eigenvalue weighted by atomic mass is 9.93. The van der Waals surface area contributed by atoms with Gasteiger partial charge in [-0.3, -0.25) is 4.79 Å². The monoisotopic (exact) mass is 320 g/mol. The highest BCUT2D eigenvalue weighted by molar-refractivity contribution is 5.79. The van der Waals surface area contributed by atoms with Crippen molar-refractivity contribution in [1.29, 1.82) is 0 Å². The molecule has 2 aromatic rings. The first-order chi connectivity index (χ1) is 11.7. The average Bonchev–Trinajstić information content (AvgIpc) is 3.02. The molecule has 1 fully saturated rings. The number of hydrogen-bond donors (Lipinski definition) is 0. The lowest BCUT2D eigenvalue weighted by Gasteiger charge is -2.26. The largest absolute Gasteiger partial charge is 0.336 e. The van der Waals surface area contributed by atoms with Crippen molar-refractivity contribution in [3.05, 3.63) is 82.2 Å². The molecule has 0 aromatic heterocycles. The Bertz CT molecular complexity index is 740. The van der Waals surface area contributed by atoms with E-state index in [2.05, 4.69) is 10.0 Å². The van der Waals surface area contributed by atoms with E-state index >= 15 is 0 Å². The van der Waals surface area contributed by atoms with Crippen LogP contribution >= 0.6 is 0 Å². The minimum atomic E-state index is -0.312. The van der Waals surface area contributed by atoms with Gasteiger partial charge in [0.2, 0.25) is 5.91 Å². The van der Waals surface area contributed by atoms with E-state index < -0.39 is 0 Å². The van der Waals surface area contributed by atoms with E-state index in [1.165, 1.54) is 0 Å². The predicted molar refractivity (Wildman–Crippen MR) is 93.0 cm³/mol. The fourth-order valence-electron chi connectivity index (χ4n) is 3.40. The van der Waals surface area contributed by atoms with Gasteiger partial charge in [-0.15, -0.1) is 0 Å². The highest BCUT2D eigenvalue weighted by atomic mass is 16.2. The van der Waals surface area contributed by atoms with Crippen LogP contribution < -0.4 is 0 Å². The van der Waals surface area contributed by atoms with Gasteiger partial charge in [0.1, 0.15) is 0 Å². The minimum Gasteiger partial charge on any atom is -0.336 e. The summed E-state index contributed by atoms with van der Waals surface area (Å²) in [5, 5.41) is 3.98. The molecule has 0 N–H and O–H groups in total. The van der Waals surface area contributed by atoms with Crippen molar-refractivity contribution in [3.8, 4) is 0 Å². The van der Waals surface area contributed by atoms with Crippen molar-refractivity contribution in [1.82, 2.24) is 4.90 Å². The maximum absolute atomic E-state index is 12.5. The van der Waals surface area contributed by atoms with E-state index in [1.807, 2.05) is 72.5 Å². The van der Waals surface area contributed by atoms with Crippen LogP contribution in [0.15, 0.2) is 65.8 Å². The topological polar surface area (TPSA) is 69.1 Å². The molecule has 3 atom stereocenters. The fourth-order valence-corrected chi connectivity index (χ4v) is 3.40. The van der Waals surface area contributed by atoms with Crippen LogP contribution in [0.5, 0.6) is 0 Å². The number of hydrogen-bond acceptors (Lipinski definition) is 2. The number of carbonyl (C=O) groups is 1. The second kappa shape index (κ2) is 7.20. The Labute approximate surface area is 141 Å². The summed E-state index contributed by atoms with van der Waals surface area (Å²) in [5.41, 5.74) is 11.0. The summed E-state index contributed by atoms with van der Waals surface area (Å²) in [5.74, 6) is 0.118. The maximum atomic E-state index is 12.5. The second-order valence-corrected chi connectivity index (χ2v) is 6.16. The van der Waals surface area contributed by atoms with Crippen LogP contribution in [0.2, 0.25) is 0 Å². The SMILES string of the molecule is C[C@H](c1ccccc1)N1C[C@H](C(N=[N+]=[N-])c2ccccc2)CC1=O. The predicted octanol–water partition coefficient (Wildman–Crippen LogP) is 4.65. The molecule has 1 heterocycles. The number of amides is 1. The molecule has 1 saturated heterocycles. The van der Waals surface area contributed by atoms with E-state index in [1.54, 1.807) is 0 Å². The van der Waals surface area contributed by atoms with Gasteiger partial charge in [0.15, 0.2) is 0 Å². The zero-order chi connectivity index (χ0) is 16.9. The average molecular weight is 320 g/mol. The minimum absolute atomic E-state index is 0.00182. The van der Waals surface area contributed by atoms with Gasteiger partial charge < -0.3 is 4.90 Å². The molecule has 5 heteroatoms. The van der Waals surface area contributed by atoms with Crippen molar-refractivity contribution in [2.24, 2.45) is 11.0 Å². The summed E-state index contributed by atoms with van der Waals surface area (Å²) in [6.07, 6.45) is 0.412. The molecule has 1 unspecified atom stereocenters. The van der Waals surface area contributed by atoms with E-state index in [4.69, 9.17) is 5.53 Å². The molecule has 0 aliphatic carbocycles. The molecule has 0 spiro atoms. The standard InChI is InChI=1S/C19H20N4O/c1-14(15-8-4-2-5-9-15)23-13-17(12-18(23)24)19(21-22-20)16-10-6-3-7-11-16/h2-11,14,17,19H,12-13H2,1H3/t14-,17-,19?/m1/s1. The summed E-state index contributed by atoms with van der Waals surface area (Å²) in [6.45, 7) is 2.65. The molecule has 1 aliphatic heterocycles. The van der Waals surface area contributed by atoms with E-state index in [9.17, 15) is 4.79 Å². The normalized spacial score (nSPS) is 19.6. The van der Waals surface area contributed by atoms with Gasteiger partial charge in [-0.2, -0.15) is 0 Å². The second-order valence-electron chi connectivity index (χ2n) is 6.16. The zero-order valence-corrected chi connectivity index (χ0v) is 13.6. The molecule has 122 valence electrons. The van der Waals surface area contributed by atoms with Crippen LogP contribution in [0.3, 0.4) is 0 Å². The number of rotatable bonds is 5. The first-order valence-electron chi connectivity index (χ1n) is 8.14. The highest BCUT2D eigenvalue weighted by Gasteiger charge is 2.37. The Morgan fingerprint density at radius 3 is 2.25 bits per heavy atom. The summed E-state index contributed by atoms with van der Waals surface area (Å²) >= 11 is 0. The van der Waals surface area contributed by atoms with Crippen LogP contribution in [0.25, 0.3) is 10.4 Å². The third kappa shape index (κ3) is 3.26. The summed E-state index contributed by atoms with van der Waals surface area (Å²) in [7, 11) is 0. The smallest absolute Gasteiger partial charge is 0.223 e. The summed E-state index contributed by atoms with van der Waals surface area (Å²) < 4.78 is 0. The molecule has 1 aliphatic rings. The molecule has 3 rings (SSSR count). The van der Waals surface area contributed by atoms with Crippen LogP contribution in [-0.4, -0.2) is 17.4 Å². The third-order valence-corrected chi connectivity index (χ3v) is 4.70. The molecule has 2 aromatic carbocycles. The van der Waals surface area contributed by atoms with Crippen LogP contribution in [0.1, 0.15) is 36.6 Å². The van der Waals surface area contributed by atoms with Gasteiger partial charge in [0.25, 0.3) is 0 Å². The van der Waals surface area contributed by atoms with Gasteiger partial charge in [-0.05, 0) is 29.5 Å². The van der Waals surface area contributed by atoms with Gasteiger partial charge in [0, 0.05) is 17.9 Å². The number of likely N-dealkylation sites (tertiary alicyclic amines) is 1. The molecular formula is C19H20N4O. The first-order valence-corrected chi connectivity index (χ1v) is 8.14. The molecule has 0 bridgehead atoms. The lowest BCUT2D eigenvalue weighted by molar-refractivity contribution is -0.129. The summed E-state index contributed by atoms with van der Waals surface area (Å²) in [4.78, 5) is 17.4. The molecule has 0 radical (unpaired) electrons. The third-order valence-electron chi connectivity index (χ3n) is 4.70. The Kier molecular flexibility index (Phi) is 4.82. The fraction of sp³-hybridized carbons (Fsp3) is 0.316. The molecule has 5 nitrogen and oxygen atoms in total. The molecule has 1 amide bonds. The Morgan fingerprint density at radius 2 is 1.67 bits per heavy atom. The lowest BCUT2D eigenvalue weighted by Crippen LogP contribution is -2.29. The van der Waals surface area contributed by atoms with Crippen molar-refractivity contribution < 1.29 is 4.79 Å². The highest BCUT2D eigenvalue weighted by Crippen LogP contribution is 2.37. The van der Waals surface area contributed by atoms with Crippen molar-refractivity contribution in [2.75, 3.05) is 6.54 Å². The van der Waals surface area contributed by atoms with Crippen LogP contribution in [0.4, 0.5) is 0 Å². The number of carbonyl (C=O) groups excluding carboxylic acids is 1. The first kappa shape index (κ1) is 16.1. The van der Waals surface area contributed by atoms with Gasteiger partial charge in [-0.25, -0.2) is 0 Å². The number of nitrogens with zero attached hydrogens (tertiary/aromatic N) is 4. The van der Waals surface area contributed by atoms with E-state index in [-0.39, 0.29) is 23.9 Å². The van der Waals surface area contributed by atoms with Crippen molar-refractivity contribution in [2.45, 2.75) is 25.4 Å². The van der Waals surface area contributed by atoms with Crippen molar-refractivity contribution >= 4 is 5.91 Å². The Balaban J connectivity index is 1.81. The molecule has 24 heavy (non-hydrogen) atoms. The van der Waals surface area contributed by atoms with E-state index in [0.29, 0.717) is 13.0 Å².